The lowest BCUT2D eigenvalue weighted by Gasteiger charge is -2.23. The number of benzene rings is 1. The molecule has 0 aliphatic carbocycles. The van der Waals surface area contributed by atoms with Gasteiger partial charge in [-0.3, -0.25) is 0 Å². The average Bonchev–Trinajstić information content (AvgIpc) is 2.74. The fraction of sp³-hybridized carbons (Fsp3) is 0.286. The molecule has 0 amide bonds. The lowest BCUT2D eigenvalue weighted by Crippen LogP contribution is -2.18. The smallest absolute Gasteiger partial charge is 0.0781 e. The van der Waals surface area contributed by atoms with Crippen LogP contribution in [0.3, 0.4) is 0 Å². The van der Waals surface area contributed by atoms with E-state index in [0.29, 0.717) is 0 Å². The lowest BCUT2D eigenvalue weighted by molar-refractivity contribution is 0.199. The number of nitrogens with zero attached hydrogens (tertiary/aromatic N) is 1. The summed E-state index contributed by atoms with van der Waals surface area (Å²) < 4.78 is 1.15. The van der Waals surface area contributed by atoms with Crippen LogP contribution in [0.4, 0.5) is 5.69 Å². The minimum atomic E-state index is -0.446. The number of aliphatic hydroxyl groups excluding tert-OH is 1. The number of hydrogen-bond acceptors (Lipinski definition) is 3. The standard InChI is InChI=1S/C14H16BrNOS/c1-10(17)12-5-3-4-6-13(12)16(2)8-11-7-14(15)18-9-11/h3-7,9-10,17H,8H2,1-2H3/t10-/m0/s1. The molecule has 0 unspecified atom stereocenters. The van der Waals surface area contributed by atoms with Crippen molar-refractivity contribution in [3.63, 3.8) is 0 Å². The first-order valence-corrected chi connectivity index (χ1v) is 7.46. The lowest BCUT2D eigenvalue weighted by atomic mass is 10.1. The van der Waals surface area contributed by atoms with Gasteiger partial charge in [-0.05, 0) is 45.9 Å². The molecule has 0 saturated carbocycles. The van der Waals surface area contributed by atoms with Gasteiger partial charge < -0.3 is 10.0 Å². The number of thiophene rings is 1. The van der Waals surface area contributed by atoms with Gasteiger partial charge in [-0.25, -0.2) is 0 Å². The fourth-order valence-corrected chi connectivity index (χ4v) is 3.18. The average molecular weight is 326 g/mol. The molecule has 1 aromatic carbocycles. The van der Waals surface area contributed by atoms with Gasteiger partial charge in [0.2, 0.25) is 0 Å². The van der Waals surface area contributed by atoms with E-state index in [9.17, 15) is 5.11 Å². The van der Waals surface area contributed by atoms with Crippen molar-refractivity contribution in [2.75, 3.05) is 11.9 Å². The minimum absolute atomic E-state index is 0.446. The summed E-state index contributed by atoms with van der Waals surface area (Å²) in [5, 5.41) is 11.9. The molecule has 1 heterocycles. The van der Waals surface area contributed by atoms with E-state index in [0.717, 1.165) is 21.6 Å². The molecule has 1 atom stereocenters. The van der Waals surface area contributed by atoms with Crippen LogP contribution in [0.5, 0.6) is 0 Å². The van der Waals surface area contributed by atoms with Gasteiger partial charge in [0.05, 0.1) is 9.89 Å². The van der Waals surface area contributed by atoms with Gasteiger partial charge in [0.15, 0.2) is 0 Å². The Bertz CT molecular complexity index is 524. The van der Waals surface area contributed by atoms with Crippen LogP contribution in [0.1, 0.15) is 24.2 Å². The van der Waals surface area contributed by atoms with Crippen molar-refractivity contribution in [1.29, 1.82) is 0 Å². The zero-order chi connectivity index (χ0) is 13.1. The van der Waals surface area contributed by atoms with E-state index < -0.39 is 6.10 Å². The van der Waals surface area contributed by atoms with Crippen LogP contribution in [0.15, 0.2) is 39.5 Å². The zero-order valence-corrected chi connectivity index (χ0v) is 12.8. The Morgan fingerprint density at radius 3 is 2.72 bits per heavy atom. The second kappa shape index (κ2) is 5.87. The minimum Gasteiger partial charge on any atom is -0.389 e. The molecule has 2 nitrogen and oxygen atoms in total. The van der Waals surface area contributed by atoms with E-state index in [1.54, 1.807) is 18.3 Å². The molecular weight excluding hydrogens is 310 g/mol. The zero-order valence-electron chi connectivity index (χ0n) is 10.4. The summed E-state index contributed by atoms with van der Waals surface area (Å²) in [5.74, 6) is 0. The fourth-order valence-electron chi connectivity index (χ4n) is 1.98. The highest BCUT2D eigenvalue weighted by Gasteiger charge is 2.11. The summed E-state index contributed by atoms with van der Waals surface area (Å²) in [6, 6.07) is 10.1. The molecule has 0 aliphatic rings. The predicted octanol–water partition coefficient (Wildman–Crippen LogP) is 4.20. The maximum atomic E-state index is 9.79. The molecule has 96 valence electrons. The van der Waals surface area contributed by atoms with Gasteiger partial charge in [0.25, 0.3) is 0 Å². The molecular formula is C14H16BrNOS. The van der Waals surface area contributed by atoms with Crippen LogP contribution in [0.25, 0.3) is 0 Å². The Labute approximate surface area is 120 Å². The summed E-state index contributed by atoms with van der Waals surface area (Å²) in [7, 11) is 2.05. The molecule has 1 aromatic heterocycles. The highest BCUT2D eigenvalue weighted by atomic mass is 79.9. The topological polar surface area (TPSA) is 23.5 Å². The van der Waals surface area contributed by atoms with Gasteiger partial charge in [0, 0.05) is 24.8 Å². The first kappa shape index (κ1) is 13.6. The molecule has 0 bridgehead atoms. The maximum absolute atomic E-state index is 9.79. The number of para-hydroxylation sites is 1. The molecule has 2 aromatic rings. The van der Waals surface area contributed by atoms with Gasteiger partial charge in [-0.1, -0.05) is 18.2 Å². The van der Waals surface area contributed by atoms with Crippen LogP contribution in [0, 0.1) is 0 Å². The third-order valence-corrected chi connectivity index (χ3v) is 4.39. The van der Waals surface area contributed by atoms with Crippen LogP contribution < -0.4 is 4.90 Å². The number of hydrogen-bond donors (Lipinski definition) is 1. The van der Waals surface area contributed by atoms with Crippen molar-refractivity contribution < 1.29 is 5.11 Å². The van der Waals surface area contributed by atoms with Gasteiger partial charge in [0.1, 0.15) is 0 Å². The van der Waals surface area contributed by atoms with Crippen molar-refractivity contribution in [1.82, 2.24) is 0 Å². The van der Waals surface area contributed by atoms with Gasteiger partial charge in [-0.2, -0.15) is 0 Å². The highest BCUT2D eigenvalue weighted by molar-refractivity contribution is 9.11. The number of halogens is 1. The van der Waals surface area contributed by atoms with Crippen molar-refractivity contribution in [2.45, 2.75) is 19.6 Å². The van der Waals surface area contributed by atoms with Crippen molar-refractivity contribution in [3.8, 4) is 0 Å². The Kier molecular flexibility index (Phi) is 4.43. The van der Waals surface area contributed by atoms with E-state index in [2.05, 4.69) is 32.3 Å². The van der Waals surface area contributed by atoms with Gasteiger partial charge in [-0.15, -0.1) is 11.3 Å². The third-order valence-electron chi connectivity index (χ3n) is 2.84. The largest absolute Gasteiger partial charge is 0.389 e. The second-order valence-electron chi connectivity index (χ2n) is 4.35. The van der Waals surface area contributed by atoms with E-state index in [4.69, 9.17) is 0 Å². The normalized spacial score (nSPS) is 12.4. The summed E-state index contributed by atoms with van der Waals surface area (Å²) >= 11 is 5.17. The summed E-state index contributed by atoms with van der Waals surface area (Å²) in [4.78, 5) is 2.16. The van der Waals surface area contributed by atoms with E-state index in [-0.39, 0.29) is 0 Å². The molecule has 0 fully saturated rings. The van der Waals surface area contributed by atoms with Crippen LogP contribution in [-0.4, -0.2) is 12.2 Å². The Balaban J connectivity index is 2.20. The number of aliphatic hydroxyl groups is 1. The Morgan fingerprint density at radius 1 is 1.39 bits per heavy atom. The first-order valence-electron chi connectivity index (χ1n) is 5.79. The molecule has 2 rings (SSSR count). The van der Waals surface area contributed by atoms with E-state index in [1.807, 2.05) is 31.3 Å². The van der Waals surface area contributed by atoms with Crippen LogP contribution >= 0.6 is 27.3 Å². The third kappa shape index (κ3) is 3.13. The summed E-state index contributed by atoms with van der Waals surface area (Å²) in [6.07, 6.45) is -0.446. The molecule has 1 N–H and O–H groups in total. The Hall–Kier alpha value is -0.840. The van der Waals surface area contributed by atoms with Crippen molar-refractivity contribution >= 4 is 33.0 Å². The summed E-state index contributed by atoms with van der Waals surface area (Å²) in [5.41, 5.74) is 3.32. The predicted molar refractivity (Wildman–Crippen MR) is 81.2 cm³/mol. The highest BCUT2D eigenvalue weighted by Crippen LogP contribution is 2.28. The molecule has 0 saturated heterocycles. The van der Waals surface area contributed by atoms with E-state index in [1.165, 1.54) is 5.56 Å². The quantitative estimate of drug-likeness (QED) is 0.910. The number of rotatable bonds is 4. The monoisotopic (exact) mass is 325 g/mol. The van der Waals surface area contributed by atoms with Gasteiger partial charge >= 0.3 is 0 Å². The van der Waals surface area contributed by atoms with Crippen LogP contribution in [0.2, 0.25) is 0 Å². The first-order chi connectivity index (χ1) is 8.58. The molecule has 18 heavy (non-hydrogen) atoms. The summed E-state index contributed by atoms with van der Waals surface area (Å²) in [6.45, 7) is 2.64. The van der Waals surface area contributed by atoms with Crippen molar-refractivity contribution in [3.05, 3.63) is 50.6 Å². The maximum Gasteiger partial charge on any atom is 0.0781 e. The Morgan fingerprint density at radius 2 is 2.11 bits per heavy atom. The second-order valence-corrected chi connectivity index (χ2v) is 6.64. The SMILES string of the molecule is C[C@H](O)c1ccccc1N(C)Cc1csc(Br)c1. The van der Waals surface area contributed by atoms with Crippen molar-refractivity contribution in [2.24, 2.45) is 0 Å². The number of anilines is 1. The molecule has 0 spiro atoms. The van der Waals surface area contributed by atoms with Crippen LogP contribution in [-0.2, 0) is 6.54 Å². The molecule has 0 radical (unpaired) electrons. The van der Waals surface area contributed by atoms with E-state index >= 15 is 0 Å². The molecule has 0 aliphatic heterocycles. The molecule has 4 heteroatoms.